The quantitative estimate of drug-likeness (QED) is 0.861. The van der Waals surface area contributed by atoms with Gasteiger partial charge in [-0.25, -0.2) is 0 Å². The maximum absolute atomic E-state index is 12.3. The second-order valence-electron chi connectivity index (χ2n) is 4.56. The number of carbonyl (C=O) groups is 1. The van der Waals surface area contributed by atoms with Gasteiger partial charge in [0.05, 0.1) is 5.02 Å². The Hall–Kier alpha value is -1.26. The molecule has 1 amide bonds. The topological polar surface area (TPSA) is 52.6 Å². The summed E-state index contributed by atoms with van der Waals surface area (Å²) >= 11 is 5.82. The molecule has 2 N–H and O–H groups in total. The Labute approximate surface area is 112 Å². The maximum Gasteiger partial charge on any atom is 0.253 e. The van der Waals surface area contributed by atoms with Crippen LogP contribution >= 0.6 is 11.6 Å². The third-order valence-electron chi connectivity index (χ3n) is 3.37. The second kappa shape index (κ2) is 5.59. The van der Waals surface area contributed by atoms with Crippen molar-refractivity contribution >= 4 is 17.5 Å². The third-order valence-corrected chi connectivity index (χ3v) is 3.67. The van der Waals surface area contributed by atoms with Gasteiger partial charge in [-0.3, -0.25) is 4.79 Å². The fourth-order valence-electron chi connectivity index (χ4n) is 2.20. The molecule has 1 aliphatic heterocycles. The summed E-state index contributed by atoms with van der Waals surface area (Å²) in [6.07, 6.45) is 1.93. The zero-order valence-corrected chi connectivity index (χ0v) is 11.1. The molecule has 1 aliphatic rings. The standard InChI is InChI=1S/C13H17ClN2O2/c1-16(10-4-6-15-7-5-10)13(18)9-2-3-12(17)11(14)8-9/h2-3,8,10,15,17H,4-7H2,1H3. The summed E-state index contributed by atoms with van der Waals surface area (Å²) in [4.78, 5) is 14.0. The van der Waals surface area contributed by atoms with Crippen molar-refractivity contribution < 1.29 is 9.90 Å². The van der Waals surface area contributed by atoms with Crippen molar-refractivity contribution in [3.8, 4) is 5.75 Å². The molecule has 98 valence electrons. The average Bonchev–Trinajstić information content (AvgIpc) is 2.41. The molecule has 1 fully saturated rings. The van der Waals surface area contributed by atoms with Crippen molar-refractivity contribution in [3.05, 3.63) is 28.8 Å². The molecule has 0 saturated carbocycles. The summed E-state index contributed by atoms with van der Waals surface area (Å²) in [5.74, 6) is -0.0541. The van der Waals surface area contributed by atoms with Gasteiger partial charge >= 0.3 is 0 Å². The lowest BCUT2D eigenvalue weighted by molar-refractivity contribution is 0.0703. The molecule has 1 aromatic rings. The summed E-state index contributed by atoms with van der Waals surface area (Å²) in [6.45, 7) is 1.89. The fraction of sp³-hybridized carbons (Fsp3) is 0.462. The van der Waals surface area contributed by atoms with Gasteiger partial charge < -0.3 is 15.3 Å². The Morgan fingerprint density at radius 2 is 2.11 bits per heavy atom. The molecule has 0 spiro atoms. The first-order valence-electron chi connectivity index (χ1n) is 6.06. The van der Waals surface area contributed by atoms with E-state index in [0.29, 0.717) is 5.56 Å². The number of halogens is 1. The molecule has 0 aromatic heterocycles. The lowest BCUT2D eigenvalue weighted by Gasteiger charge is -2.31. The van der Waals surface area contributed by atoms with Crippen molar-refractivity contribution in [3.63, 3.8) is 0 Å². The number of nitrogens with one attached hydrogen (secondary N) is 1. The molecule has 0 unspecified atom stereocenters. The Balaban J connectivity index is 2.11. The number of phenols is 1. The molecule has 0 atom stereocenters. The summed E-state index contributed by atoms with van der Waals surface area (Å²) in [5, 5.41) is 12.8. The first-order valence-corrected chi connectivity index (χ1v) is 6.44. The van der Waals surface area contributed by atoms with E-state index in [9.17, 15) is 9.90 Å². The summed E-state index contributed by atoms with van der Waals surface area (Å²) in [7, 11) is 1.82. The smallest absolute Gasteiger partial charge is 0.253 e. The number of phenolic OH excluding ortho intramolecular Hbond substituents is 1. The van der Waals surface area contributed by atoms with Crippen LogP contribution in [0.5, 0.6) is 5.75 Å². The highest BCUT2D eigenvalue weighted by Crippen LogP contribution is 2.24. The van der Waals surface area contributed by atoms with Crippen molar-refractivity contribution in [1.29, 1.82) is 0 Å². The van der Waals surface area contributed by atoms with Gasteiger partial charge in [-0.05, 0) is 44.1 Å². The second-order valence-corrected chi connectivity index (χ2v) is 4.97. The van der Waals surface area contributed by atoms with E-state index in [-0.39, 0.29) is 22.7 Å². The van der Waals surface area contributed by atoms with E-state index >= 15 is 0 Å². The zero-order chi connectivity index (χ0) is 13.1. The van der Waals surface area contributed by atoms with E-state index in [2.05, 4.69) is 5.32 Å². The first-order chi connectivity index (χ1) is 8.59. The minimum atomic E-state index is -0.0520. The van der Waals surface area contributed by atoms with Gasteiger partial charge in [0.25, 0.3) is 5.91 Å². The van der Waals surface area contributed by atoms with Crippen LogP contribution < -0.4 is 5.32 Å². The van der Waals surface area contributed by atoms with E-state index in [1.165, 1.54) is 12.1 Å². The Kier molecular flexibility index (Phi) is 4.09. The van der Waals surface area contributed by atoms with Gasteiger partial charge in [-0.2, -0.15) is 0 Å². The van der Waals surface area contributed by atoms with E-state index in [1.807, 2.05) is 7.05 Å². The SMILES string of the molecule is CN(C(=O)c1ccc(O)c(Cl)c1)C1CCNCC1. The van der Waals surface area contributed by atoms with Crippen LogP contribution in [0.15, 0.2) is 18.2 Å². The molecular weight excluding hydrogens is 252 g/mol. The largest absolute Gasteiger partial charge is 0.506 e. The number of amides is 1. The van der Waals surface area contributed by atoms with Crippen molar-refractivity contribution in [2.75, 3.05) is 20.1 Å². The monoisotopic (exact) mass is 268 g/mol. The number of benzene rings is 1. The Morgan fingerprint density at radius 3 is 2.72 bits per heavy atom. The van der Waals surface area contributed by atoms with Gasteiger partial charge in [0.2, 0.25) is 0 Å². The lowest BCUT2D eigenvalue weighted by atomic mass is 10.0. The van der Waals surface area contributed by atoms with Gasteiger partial charge in [0, 0.05) is 18.7 Å². The molecule has 0 aliphatic carbocycles. The summed E-state index contributed by atoms with van der Waals surface area (Å²) in [5.41, 5.74) is 0.513. The molecule has 4 nitrogen and oxygen atoms in total. The van der Waals surface area contributed by atoms with Gasteiger partial charge in [-0.1, -0.05) is 11.6 Å². The number of rotatable bonds is 2. The number of piperidine rings is 1. The van der Waals surface area contributed by atoms with E-state index in [1.54, 1.807) is 11.0 Å². The Bertz CT molecular complexity index is 445. The lowest BCUT2D eigenvalue weighted by Crippen LogP contribution is -2.43. The van der Waals surface area contributed by atoms with Crippen molar-refractivity contribution in [2.24, 2.45) is 0 Å². The zero-order valence-electron chi connectivity index (χ0n) is 10.3. The highest BCUT2D eigenvalue weighted by molar-refractivity contribution is 6.32. The molecule has 1 heterocycles. The number of hydrogen-bond acceptors (Lipinski definition) is 3. The predicted molar refractivity (Wildman–Crippen MR) is 71.1 cm³/mol. The first kappa shape index (κ1) is 13.2. The van der Waals surface area contributed by atoms with Crippen LogP contribution in [-0.2, 0) is 0 Å². The average molecular weight is 269 g/mol. The molecular formula is C13H17ClN2O2. The predicted octanol–water partition coefficient (Wildman–Crippen LogP) is 1.87. The van der Waals surface area contributed by atoms with Crippen LogP contribution in [0.25, 0.3) is 0 Å². The third kappa shape index (κ3) is 2.76. The summed E-state index contributed by atoms with van der Waals surface area (Å²) < 4.78 is 0. The highest BCUT2D eigenvalue weighted by Gasteiger charge is 2.23. The van der Waals surface area contributed by atoms with Crippen LogP contribution in [0.4, 0.5) is 0 Å². The molecule has 5 heteroatoms. The van der Waals surface area contributed by atoms with E-state index < -0.39 is 0 Å². The molecule has 1 saturated heterocycles. The normalized spacial score (nSPS) is 16.6. The minimum Gasteiger partial charge on any atom is -0.506 e. The van der Waals surface area contributed by atoms with Crippen LogP contribution in [0, 0.1) is 0 Å². The van der Waals surface area contributed by atoms with Crippen molar-refractivity contribution in [1.82, 2.24) is 10.2 Å². The van der Waals surface area contributed by atoms with E-state index in [4.69, 9.17) is 11.6 Å². The number of hydrogen-bond donors (Lipinski definition) is 2. The van der Waals surface area contributed by atoms with Gasteiger partial charge in [0.1, 0.15) is 5.75 Å². The summed E-state index contributed by atoms with van der Waals surface area (Å²) in [6, 6.07) is 4.83. The van der Waals surface area contributed by atoms with Crippen molar-refractivity contribution in [2.45, 2.75) is 18.9 Å². The molecule has 2 rings (SSSR count). The van der Waals surface area contributed by atoms with Crippen LogP contribution in [0.3, 0.4) is 0 Å². The molecule has 18 heavy (non-hydrogen) atoms. The Morgan fingerprint density at radius 1 is 1.44 bits per heavy atom. The van der Waals surface area contributed by atoms with Crippen LogP contribution in [0.1, 0.15) is 23.2 Å². The number of aromatic hydroxyl groups is 1. The number of nitrogens with zero attached hydrogens (tertiary/aromatic N) is 1. The van der Waals surface area contributed by atoms with Crippen LogP contribution in [-0.4, -0.2) is 42.1 Å². The molecule has 1 aromatic carbocycles. The number of carbonyl (C=O) groups excluding carboxylic acids is 1. The molecule has 0 bridgehead atoms. The van der Waals surface area contributed by atoms with Crippen LogP contribution in [0.2, 0.25) is 5.02 Å². The minimum absolute atomic E-state index is 0.00210. The van der Waals surface area contributed by atoms with Gasteiger partial charge in [-0.15, -0.1) is 0 Å². The fourth-order valence-corrected chi connectivity index (χ4v) is 2.38. The van der Waals surface area contributed by atoms with Gasteiger partial charge in [0.15, 0.2) is 0 Å². The molecule has 0 radical (unpaired) electrons. The van der Waals surface area contributed by atoms with E-state index in [0.717, 1.165) is 25.9 Å². The highest BCUT2D eigenvalue weighted by atomic mass is 35.5. The maximum atomic E-state index is 12.3.